The second kappa shape index (κ2) is 8.02. The summed E-state index contributed by atoms with van der Waals surface area (Å²) in [4.78, 5) is 2.38. The summed E-state index contributed by atoms with van der Waals surface area (Å²) >= 11 is 0. The Morgan fingerprint density at radius 2 is 1.78 bits per heavy atom. The summed E-state index contributed by atoms with van der Waals surface area (Å²) < 4.78 is 0. The van der Waals surface area contributed by atoms with E-state index in [0.29, 0.717) is 0 Å². The van der Waals surface area contributed by atoms with Crippen LogP contribution in [0.1, 0.15) is 45.6 Å². The van der Waals surface area contributed by atoms with Crippen molar-refractivity contribution < 1.29 is 0 Å². The third kappa shape index (κ3) is 4.25. The largest absolute Gasteiger partial charge is 0.385 e. The van der Waals surface area contributed by atoms with Crippen molar-refractivity contribution in [1.82, 2.24) is 0 Å². The molecule has 0 aliphatic rings. The Hall–Kier alpha value is -1.18. The van der Waals surface area contributed by atoms with Crippen LogP contribution in [0.4, 0.5) is 11.4 Å². The SMILES string of the molecule is CCCCCNc1ccc(N(CC)CC)cc1C. The number of hydrogen-bond acceptors (Lipinski definition) is 2. The molecule has 0 fully saturated rings. The highest BCUT2D eigenvalue weighted by molar-refractivity contribution is 5.60. The van der Waals surface area contributed by atoms with Crippen LogP contribution in [0.2, 0.25) is 0 Å². The minimum absolute atomic E-state index is 1.07. The molecule has 102 valence electrons. The zero-order valence-corrected chi connectivity index (χ0v) is 12.4. The maximum atomic E-state index is 3.53. The minimum atomic E-state index is 1.07. The van der Waals surface area contributed by atoms with Gasteiger partial charge in [-0.1, -0.05) is 19.8 Å². The lowest BCUT2D eigenvalue weighted by molar-refractivity contribution is 0.743. The molecule has 0 bridgehead atoms. The molecule has 0 radical (unpaired) electrons. The average Bonchev–Trinajstić information content (AvgIpc) is 2.38. The number of nitrogens with zero attached hydrogens (tertiary/aromatic N) is 1. The minimum Gasteiger partial charge on any atom is -0.385 e. The fourth-order valence-electron chi connectivity index (χ4n) is 2.23. The Kier molecular flexibility index (Phi) is 6.63. The topological polar surface area (TPSA) is 15.3 Å². The Morgan fingerprint density at radius 1 is 1.06 bits per heavy atom. The summed E-state index contributed by atoms with van der Waals surface area (Å²) in [6.07, 6.45) is 3.85. The Balaban J connectivity index is 2.61. The van der Waals surface area contributed by atoms with Crippen molar-refractivity contribution in [3.8, 4) is 0 Å². The van der Waals surface area contributed by atoms with Gasteiger partial charge in [0.25, 0.3) is 0 Å². The number of rotatable bonds is 8. The first-order valence-corrected chi connectivity index (χ1v) is 7.32. The molecular formula is C16H28N2. The standard InChI is InChI=1S/C16H28N2/c1-5-8-9-12-17-16-11-10-15(13-14(16)4)18(6-2)7-3/h10-11,13,17H,5-9,12H2,1-4H3. The van der Waals surface area contributed by atoms with Gasteiger partial charge in [-0.15, -0.1) is 0 Å². The van der Waals surface area contributed by atoms with Crippen molar-refractivity contribution in [2.24, 2.45) is 0 Å². The van der Waals surface area contributed by atoms with Crippen LogP contribution in [-0.2, 0) is 0 Å². The van der Waals surface area contributed by atoms with E-state index in [1.54, 1.807) is 0 Å². The van der Waals surface area contributed by atoms with Crippen molar-refractivity contribution >= 4 is 11.4 Å². The molecule has 0 amide bonds. The van der Waals surface area contributed by atoms with E-state index < -0.39 is 0 Å². The fraction of sp³-hybridized carbons (Fsp3) is 0.625. The number of benzene rings is 1. The predicted octanol–water partition coefficient (Wildman–Crippen LogP) is 4.44. The van der Waals surface area contributed by atoms with Crippen LogP contribution in [0.5, 0.6) is 0 Å². The molecule has 18 heavy (non-hydrogen) atoms. The van der Waals surface area contributed by atoms with Gasteiger partial charge in [-0.05, 0) is 51.0 Å². The molecule has 0 aliphatic carbocycles. The van der Waals surface area contributed by atoms with E-state index in [1.807, 2.05) is 0 Å². The first-order chi connectivity index (χ1) is 8.72. The van der Waals surface area contributed by atoms with Crippen molar-refractivity contribution in [3.63, 3.8) is 0 Å². The number of anilines is 2. The van der Waals surface area contributed by atoms with Crippen molar-refractivity contribution in [2.45, 2.75) is 47.0 Å². The molecule has 0 atom stereocenters. The van der Waals surface area contributed by atoms with E-state index in [9.17, 15) is 0 Å². The van der Waals surface area contributed by atoms with Gasteiger partial charge < -0.3 is 10.2 Å². The molecule has 0 spiro atoms. The average molecular weight is 248 g/mol. The molecule has 0 saturated heterocycles. The van der Waals surface area contributed by atoms with E-state index in [4.69, 9.17) is 0 Å². The predicted molar refractivity (Wildman–Crippen MR) is 82.8 cm³/mol. The molecule has 1 rings (SSSR count). The van der Waals surface area contributed by atoms with Crippen molar-refractivity contribution in [1.29, 1.82) is 0 Å². The van der Waals surface area contributed by atoms with Crippen LogP contribution >= 0.6 is 0 Å². The Morgan fingerprint density at radius 3 is 2.33 bits per heavy atom. The number of hydrogen-bond donors (Lipinski definition) is 1. The van der Waals surface area contributed by atoms with E-state index in [2.05, 4.69) is 56.1 Å². The van der Waals surface area contributed by atoms with Gasteiger partial charge in [-0.2, -0.15) is 0 Å². The molecule has 1 aromatic carbocycles. The Bertz CT molecular complexity index is 343. The third-order valence-corrected chi connectivity index (χ3v) is 3.43. The molecule has 0 aromatic heterocycles. The maximum Gasteiger partial charge on any atom is 0.0371 e. The van der Waals surface area contributed by atoms with Gasteiger partial charge in [-0.3, -0.25) is 0 Å². The molecule has 0 heterocycles. The first-order valence-electron chi connectivity index (χ1n) is 7.32. The van der Waals surface area contributed by atoms with Gasteiger partial charge in [0.1, 0.15) is 0 Å². The summed E-state index contributed by atoms with van der Waals surface area (Å²) in [6.45, 7) is 12.1. The van der Waals surface area contributed by atoms with Crippen LogP contribution in [0.25, 0.3) is 0 Å². The van der Waals surface area contributed by atoms with Crippen LogP contribution in [0, 0.1) is 6.92 Å². The quantitative estimate of drug-likeness (QED) is 0.684. The first kappa shape index (κ1) is 14.9. The fourth-order valence-corrected chi connectivity index (χ4v) is 2.23. The molecule has 1 aromatic rings. The summed E-state index contributed by atoms with van der Waals surface area (Å²) in [5.74, 6) is 0. The van der Waals surface area contributed by atoms with Gasteiger partial charge in [0.05, 0.1) is 0 Å². The monoisotopic (exact) mass is 248 g/mol. The lowest BCUT2D eigenvalue weighted by Gasteiger charge is -2.22. The summed E-state index contributed by atoms with van der Waals surface area (Å²) in [5.41, 5.74) is 3.95. The van der Waals surface area contributed by atoms with E-state index in [0.717, 1.165) is 19.6 Å². The van der Waals surface area contributed by atoms with Gasteiger partial charge in [-0.25, -0.2) is 0 Å². The number of unbranched alkanes of at least 4 members (excludes halogenated alkanes) is 2. The summed E-state index contributed by atoms with van der Waals surface area (Å²) in [5, 5.41) is 3.53. The lowest BCUT2D eigenvalue weighted by atomic mass is 10.1. The van der Waals surface area contributed by atoms with E-state index in [1.165, 1.54) is 36.2 Å². The second-order valence-corrected chi connectivity index (χ2v) is 4.81. The molecule has 0 unspecified atom stereocenters. The van der Waals surface area contributed by atoms with Crippen molar-refractivity contribution in [2.75, 3.05) is 29.9 Å². The highest BCUT2D eigenvalue weighted by Crippen LogP contribution is 2.22. The van der Waals surface area contributed by atoms with Crippen LogP contribution in [0.15, 0.2) is 18.2 Å². The summed E-state index contributed by atoms with van der Waals surface area (Å²) in [7, 11) is 0. The maximum absolute atomic E-state index is 3.53. The van der Waals surface area contributed by atoms with E-state index >= 15 is 0 Å². The molecule has 0 aliphatic heterocycles. The third-order valence-electron chi connectivity index (χ3n) is 3.43. The highest BCUT2D eigenvalue weighted by atomic mass is 15.1. The molecule has 0 saturated carbocycles. The van der Waals surface area contributed by atoms with Gasteiger partial charge in [0.15, 0.2) is 0 Å². The van der Waals surface area contributed by atoms with Crippen LogP contribution in [-0.4, -0.2) is 19.6 Å². The van der Waals surface area contributed by atoms with Crippen LogP contribution in [0.3, 0.4) is 0 Å². The molecule has 2 heteroatoms. The molecule has 2 nitrogen and oxygen atoms in total. The van der Waals surface area contributed by atoms with Crippen molar-refractivity contribution in [3.05, 3.63) is 23.8 Å². The normalized spacial score (nSPS) is 10.4. The second-order valence-electron chi connectivity index (χ2n) is 4.81. The zero-order valence-electron chi connectivity index (χ0n) is 12.4. The van der Waals surface area contributed by atoms with Gasteiger partial charge in [0, 0.05) is 31.0 Å². The molecular weight excluding hydrogens is 220 g/mol. The van der Waals surface area contributed by atoms with Crippen LogP contribution < -0.4 is 10.2 Å². The summed E-state index contributed by atoms with van der Waals surface area (Å²) in [6, 6.07) is 6.73. The zero-order chi connectivity index (χ0) is 13.4. The smallest absolute Gasteiger partial charge is 0.0371 e. The highest BCUT2D eigenvalue weighted by Gasteiger charge is 2.04. The molecule has 1 N–H and O–H groups in total. The Labute approximate surface area is 112 Å². The number of nitrogens with one attached hydrogen (secondary N) is 1. The van der Waals surface area contributed by atoms with E-state index in [-0.39, 0.29) is 0 Å². The van der Waals surface area contributed by atoms with Gasteiger partial charge in [0.2, 0.25) is 0 Å². The van der Waals surface area contributed by atoms with Gasteiger partial charge >= 0.3 is 0 Å². The number of aryl methyl sites for hydroxylation is 1. The lowest BCUT2D eigenvalue weighted by Crippen LogP contribution is -2.21.